The minimum Gasteiger partial charge on any atom is -0.325 e. The van der Waals surface area contributed by atoms with Gasteiger partial charge in [0.25, 0.3) is 0 Å². The summed E-state index contributed by atoms with van der Waals surface area (Å²) in [5, 5.41) is 2.11. The van der Waals surface area contributed by atoms with Crippen LogP contribution in [0.15, 0.2) is 10.9 Å². The van der Waals surface area contributed by atoms with E-state index in [1.807, 2.05) is 5.51 Å². The van der Waals surface area contributed by atoms with Crippen LogP contribution in [0.25, 0.3) is 0 Å². The summed E-state index contributed by atoms with van der Waals surface area (Å²) in [6.45, 7) is 4.21. The number of likely N-dealkylation sites (tertiary alicyclic amines) is 1. The number of nitrogens with two attached hydrogens (primary N) is 1. The number of hydrogen-bond acceptors (Lipinski definition) is 4. The van der Waals surface area contributed by atoms with Crippen LogP contribution in [0.4, 0.5) is 0 Å². The largest absolute Gasteiger partial charge is 0.325 e. The summed E-state index contributed by atoms with van der Waals surface area (Å²) in [6, 6.07) is 0.821. The molecule has 4 heteroatoms. The van der Waals surface area contributed by atoms with E-state index in [2.05, 4.69) is 22.2 Å². The van der Waals surface area contributed by atoms with Gasteiger partial charge in [-0.05, 0) is 6.92 Å². The van der Waals surface area contributed by atoms with Crippen molar-refractivity contribution >= 4 is 11.3 Å². The fourth-order valence-electron chi connectivity index (χ4n) is 1.48. The monoisotopic (exact) mass is 183 g/mol. The molecule has 12 heavy (non-hydrogen) atoms. The minimum absolute atomic E-state index is 0.381. The van der Waals surface area contributed by atoms with Crippen molar-refractivity contribution < 1.29 is 0 Å². The van der Waals surface area contributed by atoms with E-state index >= 15 is 0 Å². The molecule has 1 fully saturated rings. The van der Waals surface area contributed by atoms with Gasteiger partial charge in [0.2, 0.25) is 0 Å². The van der Waals surface area contributed by atoms with Gasteiger partial charge in [0.1, 0.15) is 0 Å². The van der Waals surface area contributed by atoms with Gasteiger partial charge in [0.15, 0.2) is 0 Å². The molecule has 1 saturated heterocycles. The second-order valence-corrected chi connectivity index (χ2v) is 4.02. The molecule has 1 unspecified atom stereocenters. The van der Waals surface area contributed by atoms with Gasteiger partial charge in [0.05, 0.1) is 17.2 Å². The molecular weight excluding hydrogens is 170 g/mol. The Morgan fingerprint density at radius 1 is 1.75 bits per heavy atom. The molecule has 0 saturated carbocycles. The summed E-state index contributed by atoms with van der Waals surface area (Å²) >= 11 is 1.65. The zero-order chi connectivity index (χ0) is 8.55. The molecule has 0 aromatic carbocycles. The highest BCUT2D eigenvalue weighted by atomic mass is 32.1. The molecule has 1 aliphatic heterocycles. The quantitative estimate of drug-likeness (QED) is 0.739. The second kappa shape index (κ2) is 3.12. The lowest BCUT2D eigenvalue weighted by Gasteiger charge is -2.40. The maximum atomic E-state index is 5.70. The molecule has 0 spiro atoms. The van der Waals surface area contributed by atoms with Gasteiger partial charge in [-0.3, -0.25) is 4.90 Å². The van der Waals surface area contributed by atoms with Crippen LogP contribution in [0, 0.1) is 0 Å². The highest BCUT2D eigenvalue weighted by Gasteiger charge is 2.28. The average Bonchev–Trinajstić information content (AvgIpc) is 2.49. The van der Waals surface area contributed by atoms with Gasteiger partial charge in [0, 0.05) is 24.5 Å². The highest BCUT2D eigenvalue weighted by molar-refractivity contribution is 7.07. The van der Waals surface area contributed by atoms with Crippen LogP contribution in [0.1, 0.15) is 18.7 Å². The van der Waals surface area contributed by atoms with Crippen molar-refractivity contribution in [3.63, 3.8) is 0 Å². The molecule has 2 rings (SSSR count). The van der Waals surface area contributed by atoms with Crippen LogP contribution in [0.2, 0.25) is 0 Å². The predicted octanol–water partition coefficient (Wildman–Crippen LogP) is 0.847. The Labute approximate surface area is 76.2 Å². The average molecular weight is 183 g/mol. The molecule has 1 aromatic rings. The molecule has 66 valence electrons. The topological polar surface area (TPSA) is 42.2 Å². The molecular formula is C8H13N3S. The summed E-state index contributed by atoms with van der Waals surface area (Å²) in [4.78, 5) is 6.63. The lowest BCUT2D eigenvalue weighted by atomic mass is 10.1. The van der Waals surface area contributed by atoms with Gasteiger partial charge in [-0.2, -0.15) is 0 Å². The second-order valence-electron chi connectivity index (χ2n) is 3.30. The van der Waals surface area contributed by atoms with Crippen molar-refractivity contribution in [1.29, 1.82) is 0 Å². The van der Waals surface area contributed by atoms with Crippen molar-refractivity contribution in [2.24, 2.45) is 5.73 Å². The predicted molar refractivity (Wildman–Crippen MR) is 50.1 cm³/mol. The van der Waals surface area contributed by atoms with Gasteiger partial charge in [-0.1, -0.05) is 0 Å². The Kier molecular flexibility index (Phi) is 2.12. The van der Waals surface area contributed by atoms with E-state index in [1.54, 1.807) is 11.3 Å². The zero-order valence-electron chi connectivity index (χ0n) is 7.10. The van der Waals surface area contributed by atoms with Gasteiger partial charge < -0.3 is 5.73 Å². The van der Waals surface area contributed by atoms with Crippen LogP contribution in [0.5, 0.6) is 0 Å². The van der Waals surface area contributed by atoms with Crippen molar-refractivity contribution in [2.45, 2.75) is 19.0 Å². The smallest absolute Gasteiger partial charge is 0.0795 e. The van der Waals surface area contributed by atoms with Crippen LogP contribution in [-0.4, -0.2) is 29.0 Å². The highest BCUT2D eigenvalue weighted by Crippen LogP contribution is 2.23. The minimum atomic E-state index is 0.381. The zero-order valence-corrected chi connectivity index (χ0v) is 7.92. The first-order valence-electron chi connectivity index (χ1n) is 4.15. The van der Waals surface area contributed by atoms with E-state index in [-0.39, 0.29) is 0 Å². The van der Waals surface area contributed by atoms with E-state index in [0.717, 1.165) is 13.1 Å². The first kappa shape index (κ1) is 8.16. The van der Waals surface area contributed by atoms with Crippen molar-refractivity contribution in [3.8, 4) is 0 Å². The molecule has 2 heterocycles. The lowest BCUT2D eigenvalue weighted by Crippen LogP contribution is -2.56. The summed E-state index contributed by atoms with van der Waals surface area (Å²) in [5.74, 6) is 0. The van der Waals surface area contributed by atoms with Crippen molar-refractivity contribution in [3.05, 3.63) is 16.6 Å². The fourth-order valence-corrected chi connectivity index (χ4v) is 2.12. The number of thiazole rings is 1. The maximum Gasteiger partial charge on any atom is 0.0795 e. The summed E-state index contributed by atoms with van der Waals surface area (Å²) < 4.78 is 0. The SMILES string of the molecule is CC(c1cscn1)N1CC(N)C1. The van der Waals surface area contributed by atoms with E-state index in [4.69, 9.17) is 5.73 Å². The van der Waals surface area contributed by atoms with Crippen molar-refractivity contribution in [2.75, 3.05) is 13.1 Å². The molecule has 0 bridgehead atoms. The van der Waals surface area contributed by atoms with Crippen LogP contribution >= 0.6 is 11.3 Å². The number of nitrogens with zero attached hydrogens (tertiary/aromatic N) is 2. The van der Waals surface area contributed by atoms with Crippen LogP contribution < -0.4 is 5.73 Å². The third-order valence-electron chi connectivity index (χ3n) is 2.37. The number of hydrogen-bond donors (Lipinski definition) is 1. The molecule has 2 N–H and O–H groups in total. The Morgan fingerprint density at radius 3 is 3.00 bits per heavy atom. The van der Waals surface area contributed by atoms with E-state index in [0.29, 0.717) is 12.1 Å². The third-order valence-corrected chi connectivity index (χ3v) is 2.97. The third kappa shape index (κ3) is 1.37. The van der Waals surface area contributed by atoms with Gasteiger partial charge in [-0.15, -0.1) is 11.3 Å². The molecule has 1 atom stereocenters. The molecule has 3 nitrogen and oxygen atoms in total. The Morgan fingerprint density at radius 2 is 2.50 bits per heavy atom. The molecule has 1 aromatic heterocycles. The normalized spacial score (nSPS) is 22.2. The van der Waals surface area contributed by atoms with Crippen LogP contribution in [-0.2, 0) is 0 Å². The Hall–Kier alpha value is -0.450. The lowest BCUT2D eigenvalue weighted by molar-refractivity contribution is 0.101. The van der Waals surface area contributed by atoms with Gasteiger partial charge >= 0.3 is 0 Å². The fraction of sp³-hybridized carbons (Fsp3) is 0.625. The molecule has 0 aliphatic carbocycles. The number of aromatic nitrogens is 1. The Balaban J connectivity index is 1.97. The maximum absolute atomic E-state index is 5.70. The first-order valence-corrected chi connectivity index (χ1v) is 5.09. The molecule has 0 amide bonds. The molecule has 0 radical (unpaired) electrons. The van der Waals surface area contributed by atoms with Crippen LogP contribution in [0.3, 0.4) is 0 Å². The van der Waals surface area contributed by atoms with E-state index < -0.39 is 0 Å². The van der Waals surface area contributed by atoms with Gasteiger partial charge in [-0.25, -0.2) is 4.98 Å². The molecule has 1 aliphatic rings. The first-order chi connectivity index (χ1) is 5.77. The number of rotatable bonds is 2. The summed E-state index contributed by atoms with van der Waals surface area (Å²) in [5.41, 5.74) is 8.75. The standard InChI is InChI=1S/C8H13N3S/c1-6(8-4-12-5-10-8)11-2-7(9)3-11/h4-7H,2-3,9H2,1H3. The van der Waals surface area contributed by atoms with E-state index in [9.17, 15) is 0 Å². The van der Waals surface area contributed by atoms with Crippen molar-refractivity contribution in [1.82, 2.24) is 9.88 Å². The summed E-state index contributed by atoms with van der Waals surface area (Å²) in [6.07, 6.45) is 0. The summed E-state index contributed by atoms with van der Waals surface area (Å²) in [7, 11) is 0. The van der Waals surface area contributed by atoms with E-state index in [1.165, 1.54) is 5.69 Å². The Bertz CT molecular complexity index is 241.